The van der Waals surface area contributed by atoms with E-state index < -0.39 is 0 Å². The van der Waals surface area contributed by atoms with E-state index in [4.69, 9.17) is 4.74 Å². The highest BCUT2D eigenvalue weighted by Crippen LogP contribution is 2.28. The Labute approximate surface area is 161 Å². The van der Waals surface area contributed by atoms with Gasteiger partial charge in [0.1, 0.15) is 5.75 Å². The summed E-state index contributed by atoms with van der Waals surface area (Å²) < 4.78 is 7.19. The maximum Gasteiger partial charge on any atom is 0.264 e. The summed E-state index contributed by atoms with van der Waals surface area (Å²) in [6, 6.07) is 19.3. The van der Waals surface area contributed by atoms with Crippen LogP contribution in [0.4, 0.5) is 5.69 Å². The Morgan fingerprint density at radius 3 is 2.59 bits per heavy atom. The van der Waals surface area contributed by atoms with Crippen molar-refractivity contribution in [3.8, 4) is 11.4 Å². The van der Waals surface area contributed by atoms with Gasteiger partial charge in [0.25, 0.3) is 5.91 Å². The second-order valence-electron chi connectivity index (χ2n) is 5.87. The topological polar surface area (TPSA) is 55.6 Å². The van der Waals surface area contributed by atoms with E-state index in [1.807, 2.05) is 83.7 Å². The van der Waals surface area contributed by atoms with Gasteiger partial charge in [-0.15, -0.1) is 0 Å². The summed E-state index contributed by atoms with van der Waals surface area (Å²) >= 11 is 1.34. The van der Waals surface area contributed by atoms with Crippen LogP contribution in [0.15, 0.2) is 83.0 Å². The number of carbonyl (C=O) groups excluding carboxylic acids is 1. The van der Waals surface area contributed by atoms with E-state index in [1.165, 1.54) is 11.8 Å². The molecule has 1 aromatic heterocycles. The minimum atomic E-state index is -0.133. The number of nitrogens with zero attached hydrogens (tertiary/aromatic N) is 2. The molecule has 2 aromatic carbocycles. The maximum absolute atomic E-state index is 12.2. The van der Waals surface area contributed by atoms with Crippen molar-refractivity contribution in [3.63, 3.8) is 0 Å². The van der Waals surface area contributed by atoms with E-state index >= 15 is 0 Å². The van der Waals surface area contributed by atoms with Gasteiger partial charge in [0.2, 0.25) is 0 Å². The third-order valence-electron chi connectivity index (χ3n) is 4.02. The Morgan fingerprint density at radius 2 is 1.85 bits per heavy atom. The molecular weight excluding hydrogens is 358 g/mol. The lowest BCUT2D eigenvalue weighted by molar-refractivity contribution is -0.115. The van der Waals surface area contributed by atoms with Crippen LogP contribution in [-0.2, 0) is 4.79 Å². The summed E-state index contributed by atoms with van der Waals surface area (Å²) in [7, 11) is 1.65. The number of amides is 1. The molecule has 1 aliphatic rings. The molecule has 0 spiro atoms. The molecule has 4 rings (SSSR count). The molecule has 134 valence electrons. The Hall–Kier alpha value is -3.25. The van der Waals surface area contributed by atoms with Crippen LogP contribution in [0, 0.1) is 0 Å². The van der Waals surface area contributed by atoms with Gasteiger partial charge in [-0.3, -0.25) is 4.79 Å². The van der Waals surface area contributed by atoms with Crippen molar-refractivity contribution in [1.29, 1.82) is 0 Å². The van der Waals surface area contributed by atoms with Crippen molar-refractivity contribution in [2.75, 3.05) is 7.11 Å². The maximum atomic E-state index is 12.2. The molecule has 1 N–H and O–H groups in total. The number of aromatic nitrogens is 1. The summed E-state index contributed by atoms with van der Waals surface area (Å²) in [6.45, 7) is 0. The number of rotatable bonds is 4. The number of nitrogens with one attached hydrogen (secondary N) is 1. The predicted molar refractivity (Wildman–Crippen MR) is 110 cm³/mol. The fourth-order valence-electron chi connectivity index (χ4n) is 2.67. The summed E-state index contributed by atoms with van der Waals surface area (Å²) in [5.41, 5.74) is 2.78. The van der Waals surface area contributed by atoms with Gasteiger partial charge in [0.05, 0.1) is 17.7 Å². The lowest BCUT2D eigenvalue weighted by atomic mass is 10.3. The number of carbonyl (C=O) groups is 1. The quantitative estimate of drug-likeness (QED) is 0.689. The van der Waals surface area contributed by atoms with Crippen molar-refractivity contribution < 1.29 is 9.53 Å². The van der Waals surface area contributed by atoms with Crippen LogP contribution >= 0.6 is 11.8 Å². The molecule has 0 unspecified atom stereocenters. The molecule has 6 heteroatoms. The zero-order valence-electron chi connectivity index (χ0n) is 14.6. The molecule has 27 heavy (non-hydrogen) atoms. The fraction of sp³-hybridized carbons (Fsp3) is 0.0476. The first-order valence-corrected chi connectivity index (χ1v) is 9.20. The van der Waals surface area contributed by atoms with E-state index in [0.717, 1.165) is 22.7 Å². The number of benzene rings is 2. The highest BCUT2D eigenvalue weighted by atomic mass is 32.2. The highest BCUT2D eigenvalue weighted by molar-refractivity contribution is 8.18. The first-order chi connectivity index (χ1) is 13.2. The van der Waals surface area contributed by atoms with Crippen LogP contribution in [0.3, 0.4) is 0 Å². The minimum absolute atomic E-state index is 0.133. The Balaban J connectivity index is 1.53. The molecule has 1 fully saturated rings. The van der Waals surface area contributed by atoms with Crippen molar-refractivity contribution >= 4 is 34.6 Å². The van der Waals surface area contributed by atoms with Crippen molar-refractivity contribution in [2.45, 2.75) is 0 Å². The molecular formula is C21H17N3O2S. The Kier molecular flexibility index (Phi) is 4.80. The SMILES string of the molecule is COc1ccc(-n2ccc(/C=C3/SC(=Nc4ccccc4)NC3=O)c2)cc1. The van der Waals surface area contributed by atoms with Crippen LogP contribution < -0.4 is 10.1 Å². The van der Waals surface area contributed by atoms with Gasteiger partial charge < -0.3 is 14.6 Å². The smallest absolute Gasteiger partial charge is 0.264 e. The summed E-state index contributed by atoms with van der Waals surface area (Å²) in [6.07, 6.45) is 5.81. The fourth-order valence-corrected chi connectivity index (χ4v) is 3.51. The largest absolute Gasteiger partial charge is 0.497 e. The highest BCUT2D eigenvalue weighted by Gasteiger charge is 2.23. The van der Waals surface area contributed by atoms with Gasteiger partial charge in [-0.2, -0.15) is 0 Å². The molecule has 2 heterocycles. The molecule has 1 amide bonds. The van der Waals surface area contributed by atoms with E-state index in [9.17, 15) is 4.79 Å². The minimum Gasteiger partial charge on any atom is -0.497 e. The lowest BCUT2D eigenvalue weighted by Crippen LogP contribution is -2.19. The van der Waals surface area contributed by atoms with Gasteiger partial charge in [-0.05, 0) is 65.9 Å². The first-order valence-electron chi connectivity index (χ1n) is 8.38. The second kappa shape index (κ2) is 7.55. The summed E-state index contributed by atoms with van der Waals surface area (Å²) in [5, 5.41) is 3.40. The number of aliphatic imine (C=N–C) groups is 1. The van der Waals surface area contributed by atoms with E-state index in [-0.39, 0.29) is 5.91 Å². The molecule has 0 aliphatic carbocycles. The number of para-hydroxylation sites is 1. The Morgan fingerprint density at radius 1 is 1.07 bits per heavy atom. The van der Waals surface area contributed by atoms with E-state index in [1.54, 1.807) is 7.11 Å². The zero-order valence-corrected chi connectivity index (χ0v) is 15.4. The van der Waals surface area contributed by atoms with Crippen LogP contribution in [0.5, 0.6) is 5.75 Å². The molecule has 3 aromatic rings. The molecule has 0 bridgehead atoms. The lowest BCUT2D eigenvalue weighted by Gasteiger charge is -2.04. The van der Waals surface area contributed by atoms with E-state index in [2.05, 4.69) is 10.3 Å². The monoisotopic (exact) mass is 375 g/mol. The van der Waals surface area contributed by atoms with E-state index in [0.29, 0.717) is 10.1 Å². The number of hydrogen-bond donors (Lipinski definition) is 1. The predicted octanol–water partition coefficient (Wildman–Crippen LogP) is 4.38. The molecule has 0 radical (unpaired) electrons. The number of hydrogen-bond acceptors (Lipinski definition) is 4. The second-order valence-corrected chi connectivity index (χ2v) is 6.90. The molecule has 1 aliphatic heterocycles. The van der Waals surface area contributed by atoms with Crippen LogP contribution in [0.2, 0.25) is 0 Å². The van der Waals surface area contributed by atoms with Crippen LogP contribution in [0.25, 0.3) is 11.8 Å². The number of ether oxygens (including phenoxy) is 1. The normalized spacial score (nSPS) is 16.7. The van der Waals surface area contributed by atoms with Crippen molar-refractivity contribution in [1.82, 2.24) is 9.88 Å². The zero-order chi connectivity index (χ0) is 18.6. The van der Waals surface area contributed by atoms with Gasteiger partial charge in [0, 0.05) is 18.1 Å². The average Bonchev–Trinajstić information content (AvgIpc) is 3.30. The third-order valence-corrected chi connectivity index (χ3v) is 4.93. The van der Waals surface area contributed by atoms with Gasteiger partial charge in [-0.1, -0.05) is 18.2 Å². The molecule has 0 saturated carbocycles. The number of thioether (sulfide) groups is 1. The van der Waals surface area contributed by atoms with Gasteiger partial charge >= 0.3 is 0 Å². The third kappa shape index (κ3) is 3.96. The first kappa shape index (κ1) is 17.2. The molecule has 5 nitrogen and oxygen atoms in total. The van der Waals surface area contributed by atoms with Crippen LogP contribution in [-0.4, -0.2) is 22.8 Å². The Bertz CT molecular complexity index is 1020. The van der Waals surface area contributed by atoms with Gasteiger partial charge in [-0.25, -0.2) is 4.99 Å². The standard InChI is InChI=1S/C21H17N3O2S/c1-26-18-9-7-17(8-10-18)24-12-11-15(14-24)13-19-20(25)23-21(27-19)22-16-5-3-2-4-6-16/h2-14H,1H3,(H,22,23,25)/b19-13+. The van der Waals surface area contributed by atoms with Crippen LogP contribution in [0.1, 0.15) is 5.56 Å². The summed E-state index contributed by atoms with van der Waals surface area (Å²) in [4.78, 5) is 17.3. The summed E-state index contributed by atoms with van der Waals surface area (Å²) in [5.74, 6) is 0.685. The molecule has 0 atom stereocenters. The van der Waals surface area contributed by atoms with Crippen molar-refractivity contribution in [3.05, 3.63) is 83.5 Å². The molecule has 1 saturated heterocycles. The van der Waals surface area contributed by atoms with Gasteiger partial charge in [0.15, 0.2) is 5.17 Å². The average molecular weight is 375 g/mol. The van der Waals surface area contributed by atoms with Crippen molar-refractivity contribution in [2.24, 2.45) is 4.99 Å². The number of amidine groups is 1. The number of methoxy groups -OCH3 is 1.